The van der Waals surface area contributed by atoms with Crippen LogP contribution in [0.25, 0.3) is 4.85 Å². The molecule has 0 aliphatic rings. The lowest BCUT2D eigenvalue weighted by Gasteiger charge is -1.91. The quantitative estimate of drug-likeness (QED) is 0.553. The summed E-state index contributed by atoms with van der Waals surface area (Å²) in [6.45, 7) is 7.10. The Morgan fingerprint density at radius 1 is 1.30 bits per heavy atom. The molecular weight excluding hydrogens is 122 g/mol. The minimum absolute atomic E-state index is 0.112. The van der Waals surface area contributed by atoms with Crippen LogP contribution in [0.3, 0.4) is 0 Å². The first-order valence-electron chi connectivity index (χ1n) is 3.29. The molecule has 0 aliphatic heterocycles. The lowest BCUT2D eigenvalue weighted by molar-refractivity contribution is 0.965. The number of rotatable bonds is 1. The Hall–Kier alpha value is -1.29. The van der Waals surface area contributed by atoms with Gasteiger partial charge in [0.15, 0.2) is 0 Å². The van der Waals surface area contributed by atoms with Crippen LogP contribution in [-0.2, 0) is 0 Å². The van der Waals surface area contributed by atoms with Crippen LogP contribution < -0.4 is 0 Å². The molecule has 0 saturated heterocycles. The molecule has 1 aromatic carbocycles. The third-order valence-electron chi connectivity index (χ3n) is 1.51. The molecule has 0 aliphatic carbocycles. The zero-order valence-electron chi connectivity index (χ0n) is 5.99. The molecule has 0 aromatic heterocycles. The van der Waals surface area contributed by atoms with Gasteiger partial charge in [0.25, 0.3) is 12.6 Å². The first-order chi connectivity index (χ1) is 4.84. The lowest BCUT2D eigenvalue weighted by atomic mass is 10.1. The fraction of sp³-hybridized carbons (Fsp3) is 0.222. The van der Waals surface area contributed by atoms with Crippen molar-refractivity contribution < 1.29 is 0 Å². The van der Waals surface area contributed by atoms with Crippen molar-refractivity contribution in [2.45, 2.75) is 13.0 Å². The Bertz CT molecular complexity index is 233. The predicted molar refractivity (Wildman–Crippen MR) is 43.2 cm³/mol. The topological polar surface area (TPSA) is 4.36 Å². The molecule has 50 valence electrons. The number of hydrogen-bond donors (Lipinski definition) is 0. The highest BCUT2D eigenvalue weighted by Crippen LogP contribution is 2.14. The van der Waals surface area contributed by atoms with Gasteiger partial charge in [0, 0.05) is 12.5 Å². The third kappa shape index (κ3) is 1.35. The van der Waals surface area contributed by atoms with Gasteiger partial charge in [0.2, 0.25) is 0 Å². The number of hydrogen-bond acceptors (Lipinski definition) is 0. The molecule has 1 aromatic rings. The average molecular weight is 132 g/mol. The zero-order valence-corrected chi connectivity index (χ0v) is 5.99. The van der Waals surface area contributed by atoms with Gasteiger partial charge in [-0.25, -0.2) is 0 Å². The van der Waals surface area contributed by atoms with E-state index in [0.29, 0.717) is 0 Å². The summed E-state index contributed by atoms with van der Waals surface area (Å²) in [5.74, 6) is 0. The summed E-state index contributed by atoms with van der Waals surface area (Å²) < 4.78 is 0. The van der Waals surface area contributed by atoms with Crippen LogP contribution in [-0.4, -0.2) is 0 Å². The maximum Gasteiger partial charge on any atom is 0.294 e. The SMILES string of the molecule is C#[N+]C(C)c1ccccc1. The van der Waals surface area contributed by atoms with Crippen molar-refractivity contribution in [3.63, 3.8) is 0 Å². The summed E-state index contributed by atoms with van der Waals surface area (Å²) in [6, 6.07) is 10.1. The van der Waals surface area contributed by atoms with Gasteiger partial charge in [-0.2, -0.15) is 0 Å². The zero-order chi connectivity index (χ0) is 7.40. The van der Waals surface area contributed by atoms with Gasteiger partial charge in [0.1, 0.15) is 0 Å². The van der Waals surface area contributed by atoms with Gasteiger partial charge in [-0.05, 0) is 0 Å². The van der Waals surface area contributed by atoms with Gasteiger partial charge >= 0.3 is 0 Å². The molecule has 0 N–H and O–H groups in total. The Morgan fingerprint density at radius 2 is 1.90 bits per heavy atom. The van der Waals surface area contributed by atoms with Crippen LogP contribution in [0.4, 0.5) is 0 Å². The maximum absolute atomic E-state index is 5.13. The first kappa shape index (κ1) is 6.82. The first-order valence-corrected chi connectivity index (χ1v) is 3.29. The van der Waals surface area contributed by atoms with Gasteiger partial charge in [-0.1, -0.05) is 35.2 Å². The minimum Gasteiger partial charge on any atom is -0.0787 e. The summed E-state index contributed by atoms with van der Waals surface area (Å²) in [6.07, 6.45) is 0. The van der Waals surface area contributed by atoms with Crippen LogP contribution in [0, 0.1) is 6.57 Å². The van der Waals surface area contributed by atoms with Crippen molar-refractivity contribution in [2.24, 2.45) is 0 Å². The summed E-state index contributed by atoms with van der Waals surface area (Å²) >= 11 is 0. The van der Waals surface area contributed by atoms with Gasteiger partial charge in [-0.3, -0.25) is 0 Å². The molecule has 0 heterocycles. The monoisotopic (exact) mass is 132 g/mol. The summed E-state index contributed by atoms with van der Waals surface area (Å²) in [7, 11) is 0. The van der Waals surface area contributed by atoms with E-state index >= 15 is 0 Å². The molecule has 1 atom stereocenters. The standard InChI is InChI=1S/C9H10N/c1-8(10-2)9-6-4-3-5-7-9/h2-8H,1H3/q+1. The Morgan fingerprint density at radius 3 is 2.40 bits per heavy atom. The van der Waals surface area contributed by atoms with Crippen LogP contribution in [0.2, 0.25) is 0 Å². The molecular formula is C9H10N+. The smallest absolute Gasteiger partial charge is 0.0787 e. The van der Waals surface area contributed by atoms with Crippen LogP contribution >= 0.6 is 0 Å². The largest absolute Gasteiger partial charge is 0.294 e. The van der Waals surface area contributed by atoms with E-state index < -0.39 is 0 Å². The highest BCUT2D eigenvalue weighted by atomic mass is 14.7. The van der Waals surface area contributed by atoms with Crippen molar-refractivity contribution in [1.29, 1.82) is 0 Å². The van der Waals surface area contributed by atoms with E-state index in [2.05, 4.69) is 4.85 Å². The summed E-state index contributed by atoms with van der Waals surface area (Å²) in [4.78, 5) is 3.66. The van der Waals surface area contributed by atoms with E-state index in [1.54, 1.807) is 0 Å². The van der Waals surface area contributed by atoms with Crippen molar-refractivity contribution in [2.75, 3.05) is 0 Å². The molecule has 1 rings (SSSR count). The van der Waals surface area contributed by atoms with Gasteiger partial charge in [0.05, 0.1) is 0 Å². The fourth-order valence-electron chi connectivity index (χ4n) is 0.818. The second-order valence-electron chi connectivity index (χ2n) is 2.24. The number of benzene rings is 1. The summed E-state index contributed by atoms with van der Waals surface area (Å²) in [5, 5.41) is 0. The van der Waals surface area contributed by atoms with E-state index in [0.717, 1.165) is 5.56 Å². The predicted octanol–water partition coefficient (Wildman–Crippen LogP) is 2.71. The normalized spacial score (nSPS) is 12.0. The molecule has 0 bridgehead atoms. The second kappa shape index (κ2) is 3.03. The van der Waals surface area contributed by atoms with E-state index in [4.69, 9.17) is 6.57 Å². The second-order valence-corrected chi connectivity index (χ2v) is 2.24. The highest BCUT2D eigenvalue weighted by Gasteiger charge is 2.09. The van der Waals surface area contributed by atoms with Crippen LogP contribution in [0.1, 0.15) is 18.5 Å². The van der Waals surface area contributed by atoms with Crippen molar-refractivity contribution >= 4 is 0 Å². The molecule has 0 fully saturated rings. The van der Waals surface area contributed by atoms with E-state index in [1.807, 2.05) is 37.3 Å². The molecule has 0 spiro atoms. The Labute approximate surface area is 61.1 Å². The highest BCUT2D eigenvalue weighted by molar-refractivity contribution is 5.20. The third-order valence-corrected chi connectivity index (χ3v) is 1.51. The number of nitrogens with zero attached hydrogens (tertiary/aromatic N) is 1. The maximum atomic E-state index is 5.13. The fourth-order valence-corrected chi connectivity index (χ4v) is 0.818. The molecule has 1 unspecified atom stereocenters. The van der Waals surface area contributed by atoms with Gasteiger partial charge < -0.3 is 0 Å². The van der Waals surface area contributed by atoms with Crippen molar-refractivity contribution in [1.82, 2.24) is 0 Å². The molecule has 0 saturated carbocycles. The molecule has 1 nitrogen and oxygen atoms in total. The van der Waals surface area contributed by atoms with Gasteiger partial charge in [-0.15, -0.1) is 0 Å². The molecule has 10 heavy (non-hydrogen) atoms. The lowest BCUT2D eigenvalue weighted by Crippen LogP contribution is -1.83. The average Bonchev–Trinajstić information content (AvgIpc) is 2.05. The van der Waals surface area contributed by atoms with Crippen LogP contribution in [0.15, 0.2) is 30.3 Å². The molecule has 0 amide bonds. The van der Waals surface area contributed by atoms with Crippen LogP contribution in [0.5, 0.6) is 0 Å². The van der Waals surface area contributed by atoms with Crippen molar-refractivity contribution in [3.05, 3.63) is 40.7 Å². The summed E-state index contributed by atoms with van der Waals surface area (Å²) in [5.41, 5.74) is 1.16. The van der Waals surface area contributed by atoms with E-state index in [1.165, 1.54) is 0 Å². The minimum atomic E-state index is 0.112. The molecule has 1 heteroatoms. The Kier molecular flexibility index (Phi) is 2.07. The Balaban J connectivity index is 2.88. The molecule has 0 radical (unpaired) electrons. The van der Waals surface area contributed by atoms with E-state index in [9.17, 15) is 0 Å². The van der Waals surface area contributed by atoms with Crippen molar-refractivity contribution in [3.8, 4) is 6.57 Å². The van der Waals surface area contributed by atoms with E-state index in [-0.39, 0.29) is 6.04 Å².